The van der Waals surface area contributed by atoms with Crippen LogP contribution in [0.2, 0.25) is 0 Å². The van der Waals surface area contributed by atoms with Crippen LogP contribution in [0.1, 0.15) is 39.0 Å². The average Bonchev–Trinajstić information content (AvgIpc) is 2.53. The van der Waals surface area contributed by atoms with E-state index in [1.165, 1.54) is 19.3 Å². The molecule has 1 heterocycles. The Bertz CT molecular complexity index is 446. The molecule has 0 aromatic heterocycles. The normalized spacial score (nSPS) is 30.8. The quantitative estimate of drug-likeness (QED) is 0.919. The fraction of sp³-hybridized carbons (Fsp3) is 0.647. The van der Waals surface area contributed by atoms with Gasteiger partial charge in [0, 0.05) is 0 Å². The number of fused-ring (bicyclic) bond motifs is 1. The van der Waals surface area contributed by atoms with Crippen molar-refractivity contribution >= 4 is 0 Å². The molecule has 3 rings (SSSR count). The highest BCUT2D eigenvalue weighted by Crippen LogP contribution is 2.38. The van der Waals surface area contributed by atoms with Gasteiger partial charge < -0.3 is 14.6 Å². The third kappa shape index (κ3) is 2.64. The molecule has 0 bridgehead atoms. The monoisotopic (exact) mass is 276 g/mol. The van der Waals surface area contributed by atoms with E-state index < -0.39 is 6.10 Å². The number of hydrogen-bond acceptors (Lipinski definition) is 3. The molecule has 3 heteroatoms. The molecule has 0 saturated heterocycles. The smallest absolute Gasteiger partial charge is 0.161 e. The van der Waals surface area contributed by atoms with Crippen LogP contribution >= 0.6 is 0 Å². The SMILES string of the molecule is CCC1CCCCC1C(O)C1COc2ccccc2O1. The first-order chi connectivity index (χ1) is 9.79. The van der Waals surface area contributed by atoms with Crippen molar-refractivity contribution in [2.24, 2.45) is 11.8 Å². The predicted molar refractivity (Wildman–Crippen MR) is 78.1 cm³/mol. The van der Waals surface area contributed by atoms with E-state index in [2.05, 4.69) is 6.92 Å². The van der Waals surface area contributed by atoms with Gasteiger partial charge in [-0.2, -0.15) is 0 Å². The molecule has 2 aliphatic rings. The topological polar surface area (TPSA) is 38.7 Å². The molecule has 1 N–H and O–H groups in total. The van der Waals surface area contributed by atoms with Crippen LogP contribution in [0, 0.1) is 11.8 Å². The predicted octanol–water partition coefficient (Wildman–Crippen LogP) is 3.40. The summed E-state index contributed by atoms with van der Waals surface area (Å²) >= 11 is 0. The minimum Gasteiger partial charge on any atom is -0.486 e. The van der Waals surface area contributed by atoms with Crippen LogP contribution < -0.4 is 9.47 Å². The van der Waals surface area contributed by atoms with Gasteiger partial charge in [0.25, 0.3) is 0 Å². The van der Waals surface area contributed by atoms with Gasteiger partial charge in [0.05, 0.1) is 6.10 Å². The molecule has 0 radical (unpaired) electrons. The maximum atomic E-state index is 10.7. The molecule has 1 saturated carbocycles. The summed E-state index contributed by atoms with van der Waals surface area (Å²) in [6, 6.07) is 7.69. The molecule has 1 aliphatic heterocycles. The van der Waals surface area contributed by atoms with Gasteiger partial charge in [-0.15, -0.1) is 0 Å². The lowest BCUT2D eigenvalue weighted by Crippen LogP contribution is -2.46. The summed E-state index contributed by atoms with van der Waals surface area (Å²) in [7, 11) is 0. The maximum Gasteiger partial charge on any atom is 0.161 e. The Balaban J connectivity index is 1.70. The van der Waals surface area contributed by atoms with Gasteiger partial charge >= 0.3 is 0 Å². The van der Waals surface area contributed by atoms with E-state index in [9.17, 15) is 5.11 Å². The number of rotatable bonds is 3. The van der Waals surface area contributed by atoms with Crippen molar-refractivity contribution in [3.05, 3.63) is 24.3 Å². The highest BCUT2D eigenvalue weighted by atomic mass is 16.6. The minimum absolute atomic E-state index is 0.234. The van der Waals surface area contributed by atoms with Crippen LogP contribution in [0.15, 0.2) is 24.3 Å². The minimum atomic E-state index is -0.423. The van der Waals surface area contributed by atoms with E-state index >= 15 is 0 Å². The Morgan fingerprint density at radius 2 is 1.95 bits per heavy atom. The van der Waals surface area contributed by atoms with E-state index in [-0.39, 0.29) is 6.10 Å². The summed E-state index contributed by atoms with van der Waals surface area (Å²) in [5.41, 5.74) is 0. The number of hydrogen-bond donors (Lipinski definition) is 1. The fourth-order valence-corrected chi connectivity index (χ4v) is 3.67. The summed E-state index contributed by atoms with van der Waals surface area (Å²) < 4.78 is 11.7. The lowest BCUT2D eigenvalue weighted by Gasteiger charge is -2.39. The van der Waals surface area contributed by atoms with Crippen LogP contribution in [0.3, 0.4) is 0 Å². The molecule has 4 unspecified atom stereocenters. The average molecular weight is 276 g/mol. The first-order valence-electron chi connectivity index (χ1n) is 7.86. The molecular formula is C17H24O3. The van der Waals surface area contributed by atoms with Gasteiger partial charge in [0.2, 0.25) is 0 Å². The summed E-state index contributed by atoms with van der Waals surface area (Å²) in [6.45, 7) is 2.67. The second-order valence-corrected chi connectivity index (χ2v) is 6.02. The molecule has 0 spiro atoms. The summed E-state index contributed by atoms with van der Waals surface area (Å²) in [4.78, 5) is 0. The van der Waals surface area contributed by atoms with Crippen LogP contribution in [0.4, 0.5) is 0 Å². The van der Waals surface area contributed by atoms with Gasteiger partial charge in [-0.25, -0.2) is 0 Å². The van der Waals surface area contributed by atoms with Crippen molar-refractivity contribution in [2.75, 3.05) is 6.61 Å². The first kappa shape index (κ1) is 13.7. The van der Waals surface area contributed by atoms with Gasteiger partial charge in [-0.3, -0.25) is 0 Å². The Labute approximate surface area is 120 Å². The molecule has 4 atom stereocenters. The molecular weight excluding hydrogens is 252 g/mol. The van der Waals surface area contributed by atoms with Crippen LogP contribution in [-0.2, 0) is 0 Å². The van der Waals surface area contributed by atoms with Crippen molar-refractivity contribution in [3.8, 4) is 11.5 Å². The second-order valence-electron chi connectivity index (χ2n) is 6.02. The lowest BCUT2D eigenvalue weighted by atomic mass is 9.74. The van der Waals surface area contributed by atoms with Crippen LogP contribution in [0.25, 0.3) is 0 Å². The lowest BCUT2D eigenvalue weighted by molar-refractivity contribution is -0.0610. The molecule has 110 valence electrons. The van der Waals surface area contributed by atoms with Gasteiger partial charge in [0.15, 0.2) is 17.6 Å². The highest BCUT2D eigenvalue weighted by Gasteiger charge is 2.37. The Morgan fingerprint density at radius 1 is 1.20 bits per heavy atom. The zero-order valence-corrected chi connectivity index (χ0v) is 12.1. The number of ether oxygens (including phenoxy) is 2. The van der Waals surface area contributed by atoms with Gasteiger partial charge in [0.1, 0.15) is 6.61 Å². The molecule has 20 heavy (non-hydrogen) atoms. The number of aliphatic hydroxyl groups is 1. The van der Waals surface area contributed by atoms with E-state index in [0.29, 0.717) is 18.4 Å². The molecule has 3 nitrogen and oxygen atoms in total. The molecule has 1 fully saturated rings. The fourth-order valence-electron chi connectivity index (χ4n) is 3.67. The Kier molecular flexibility index (Phi) is 4.16. The molecule has 1 aliphatic carbocycles. The van der Waals surface area contributed by atoms with Crippen molar-refractivity contribution in [2.45, 2.75) is 51.2 Å². The van der Waals surface area contributed by atoms with Crippen molar-refractivity contribution in [1.82, 2.24) is 0 Å². The summed E-state index contributed by atoms with van der Waals surface area (Å²) in [5.74, 6) is 2.52. The third-order valence-corrected chi connectivity index (χ3v) is 4.84. The van der Waals surface area contributed by atoms with Crippen LogP contribution in [-0.4, -0.2) is 23.9 Å². The zero-order valence-electron chi connectivity index (χ0n) is 12.1. The standard InChI is InChI=1S/C17H24O3/c1-2-12-7-3-4-8-13(12)17(18)16-11-19-14-9-5-6-10-15(14)20-16/h5-6,9-10,12-13,16-18H,2-4,7-8,11H2,1H3. The Hall–Kier alpha value is -1.22. The Morgan fingerprint density at radius 3 is 2.75 bits per heavy atom. The summed E-state index contributed by atoms with van der Waals surface area (Å²) in [5, 5.41) is 10.7. The summed E-state index contributed by atoms with van der Waals surface area (Å²) in [6.07, 6.45) is 5.36. The van der Waals surface area contributed by atoms with E-state index in [4.69, 9.17) is 9.47 Å². The molecule has 1 aromatic rings. The number of benzene rings is 1. The largest absolute Gasteiger partial charge is 0.486 e. The van der Waals surface area contributed by atoms with Crippen molar-refractivity contribution in [3.63, 3.8) is 0 Å². The van der Waals surface area contributed by atoms with Gasteiger partial charge in [-0.05, 0) is 30.4 Å². The van der Waals surface area contributed by atoms with Gasteiger partial charge in [-0.1, -0.05) is 44.7 Å². The number of aliphatic hydroxyl groups excluding tert-OH is 1. The number of para-hydroxylation sites is 2. The zero-order chi connectivity index (χ0) is 13.9. The first-order valence-corrected chi connectivity index (χ1v) is 7.86. The third-order valence-electron chi connectivity index (χ3n) is 4.84. The molecule has 1 aromatic carbocycles. The van der Waals surface area contributed by atoms with E-state index in [1.54, 1.807) is 0 Å². The second kappa shape index (κ2) is 6.04. The van der Waals surface area contributed by atoms with E-state index in [1.807, 2.05) is 24.3 Å². The highest BCUT2D eigenvalue weighted by molar-refractivity contribution is 5.40. The maximum absolute atomic E-state index is 10.7. The van der Waals surface area contributed by atoms with E-state index in [0.717, 1.165) is 24.3 Å². The van der Waals surface area contributed by atoms with Crippen molar-refractivity contribution < 1.29 is 14.6 Å². The van der Waals surface area contributed by atoms with Crippen molar-refractivity contribution in [1.29, 1.82) is 0 Å². The van der Waals surface area contributed by atoms with Crippen LogP contribution in [0.5, 0.6) is 11.5 Å². The molecule has 0 amide bonds.